The minimum absolute atomic E-state index is 0.337. The highest BCUT2D eigenvalue weighted by atomic mass is 16.8. The predicted molar refractivity (Wildman–Crippen MR) is 89.1 cm³/mol. The van der Waals surface area contributed by atoms with Crippen LogP contribution in [0.3, 0.4) is 0 Å². The average Bonchev–Trinajstić information content (AvgIpc) is 3.04. The third kappa shape index (κ3) is 2.94. The summed E-state index contributed by atoms with van der Waals surface area (Å²) in [5.41, 5.74) is -0.0331. The van der Waals surface area contributed by atoms with Crippen LogP contribution in [0.4, 0.5) is 0 Å². The van der Waals surface area contributed by atoms with Crippen LogP contribution < -0.4 is 0 Å². The normalized spacial score (nSPS) is 35.4. The van der Waals surface area contributed by atoms with E-state index in [-0.39, 0.29) is 0 Å². The van der Waals surface area contributed by atoms with Gasteiger partial charge in [-0.15, -0.1) is 13.2 Å². The smallest absolute Gasteiger partial charge is 0.191 e. The quantitative estimate of drug-likeness (QED) is 0.812. The van der Waals surface area contributed by atoms with Gasteiger partial charge in [0.25, 0.3) is 0 Å². The van der Waals surface area contributed by atoms with E-state index < -0.39 is 36.0 Å². The minimum atomic E-state index is -1.04. The van der Waals surface area contributed by atoms with E-state index in [1.165, 1.54) is 6.08 Å². The maximum atomic E-state index is 10.3. The summed E-state index contributed by atoms with van der Waals surface area (Å²) in [6.45, 7) is 11.5. The number of rotatable bonds is 6. The molecule has 5 heteroatoms. The van der Waals surface area contributed by atoms with Crippen molar-refractivity contribution < 1.29 is 24.1 Å². The fourth-order valence-electron chi connectivity index (χ4n) is 3.26. The van der Waals surface area contributed by atoms with Crippen LogP contribution in [0.15, 0.2) is 55.6 Å². The lowest BCUT2D eigenvalue weighted by Crippen LogP contribution is -2.53. The molecule has 24 heavy (non-hydrogen) atoms. The second-order valence-electron chi connectivity index (χ2n) is 6.54. The van der Waals surface area contributed by atoms with Gasteiger partial charge in [0, 0.05) is 0 Å². The summed E-state index contributed by atoms with van der Waals surface area (Å²) in [6.07, 6.45) is 0.271. The number of aliphatic hydroxyl groups excluding tert-OH is 1. The zero-order valence-corrected chi connectivity index (χ0v) is 14.1. The summed E-state index contributed by atoms with van der Waals surface area (Å²) in [6, 6.07) is 9.78. The van der Waals surface area contributed by atoms with Gasteiger partial charge in [-0.2, -0.15) is 0 Å². The number of benzene rings is 1. The molecule has 130 valence electrons. The van der Waals surface area contributed by atoms with E-state index in [0.717, 1.165) is 5.56 Å². The Morgan fingerprint density at radius 1 is 1.25 bits per heavy atom. The zero-order valence-electron chi connectivity index (χ0n) is 14.1. The molecule has 1 aromatic rings. The molecule has 0 aromatic heterocycles. The Morgan fingerprint density at radius 2 is 1.96 bits per heavy atom. The van der Waals surface area contributed by atoms with Crippen molar-refractivity contribution in [3.63, 3.8) is 0 Å². The fraction of sp³-hybridized carbons (Fsp3) is 0.474. The Balaban J connectivity index is 1.89. The lowest BCUT2D eigenvalue weighted by Gasteiger charge is -2.37. The summed E-state index contributed by atoms with van der Waals surface area (Å²) in [5, 5.41) is 10.3. The summed E-state index contributed by atoms with van der Waals surface area (Å²) >= 11 is 0. The number of hydrogen-bond donors (Lipinski definition) is 1. The summed E-state index contributed by atoms with van der Waals surface area (Å²) in [4.78, 5) is 0. The first-order valence-electron chi connectivity index (χ1n) is 8.05. The molecule has 5 atom stereocenters. The van der Waals surface area contributed by atoms with Crippen molar-refractivity contribution in [3.8, 4) is 0 Å². The summed E-state index contributed by atoms with van der Waals surface area (Å²) in [5.74, 6) is -0.788. The molecule has 2 aliphatic heterocycles. The van der Waals surface area contributed by atoms with Gasteiger partial charge in [-0.3, -0.25) is 0 Å². The first-order valence-corrected chi connectivity index (χ1v) is 8.05. The van der Waals surface area contributed by atoms with E-state index in [9.17, 15) is 5.11 Å². The molecule has 2 saturated heterocycles. The highest BCUT2D eigenvalue weighted by Crippen LogP contribution is 2.47. The SMILES string of the molecule is C=C[C@H](O)[C@H]1O[C@@H]2OC(C)(C)O[C@@H]2[C@]1(C=C)OCc1ccccc1. The maximum Gasteiger partial charge on any atom is 0.191 e. The number of aliphatic hydroxyl groups is 1. The van der Waals surface area contributed by atoms with E-state index in [0.29, 0.717) is 6.61 Å². The molecule has 0 aliphatic carbocycles. The third-order valence-corrected chi connectivity index (χ3v) is 4.43. The molecule has 5 nitrogen and oxygen atoms in total. The number of ether oxygens (including phenoxy) is 4. The van der Waals surface area contributed by atoms with Crippen LogP contribution in [-0.4, -0.2) is 41.1 Å². The van der Waals surface area contributed by atoms with Gasteiger partial charge in [0.05, 0.1) is 6.61 Å². The third-order valence-electron chi connectivity index (χ3n) is 4.43. The van der Waals surface area contributed by atoms with Crippen LogP contribution in [0.5, 0.6) is 0 Å². The van der Waals surface area contributed by atoms with E-state index in [1.807, 2.05) is 44.2 Å². The molecule has 0 spiro atoms. The molecular weight excluding hydrogens is 308 g/mol. The molecule has 0 radical (unpaired) electrons. The standard InChI is InChI=1S/C19H24O5/c1-5-14(20)15-19(6-2,21-12-13-10-8-7-9-11-13)16-17(22-15)24-18(3,4)23-16/h5-11,14-17,20H,1-2,12H2,3-4H3/t14-,15+,16-,17+,19+/m0/s1. The minimum Gasteiger partial charge on any atom is -0.386 e. The van der Waals surface area contributed by atoms with E-state index in [4.69, 9.17) is 18.9 Å². The second-order valence-corrected chi connectivity index (χ2v) is 6.54. The molecule has 2 fully saturated rings. The molecule has 1 N–H and O–H groups in total. The average molecular weight is 332 g/mol. The summed E-state index contributed by atoms with van der Waals surface area (Å²) in [7, 11) is 0. The molecule has 1 aromatic carbocycles. The van der Waals surface area contributed by atoms with Crippen molar-refractivity contribution >= 4 is 0 Å². The maximum absolute atomic E-state index is 10.3. The van der Waals surface area contributed by atoms with Gasteiger partial charge >= 0.3 is 0 Å². The van der Waals surface area contributed by atoms with Gasteiger partial charge in [-0.25, -0.2) is 0 Å². The summed E-state index contributed by atoms with van der Waals surface area (Å²) < 4.78 is 23.9. The fourth-order valence-corrected chi connectivity index (χ4v) is 3.26. The Hall–Kier alpha value is -1.50. The van der Waals surface area contributed by atoms with Gasteiger partial charge in [-0.1, -0.05) is 42.5 Å². The molecule has 3 rings (SSSR count). The van der Waals surface area contributed by atoms with E-state index >= 15 is 0 Å². The number of hydrogen-bond acceptors (Lipinski definition) is 5. The molecular formula is C19H24O5. The van der Waals surface area contributed by atoms with Crippen molar-refractivity contribution in [2.45, 2.75) is 56.4 Å². The van der Waals surface area contributed by atoms with Crippen molar-refractivity contribution in [1.82, 2.24) is 0 Å². The highest BCUT2D eigenvalue weighted by Gasteiger charge is 2.64. The topological polar surface area (TPSA) is 57.2 Å². The van der Waals surface area contributed by atoms with Crippen LogP contribution in [0.2, 0.25) is 0 Å². The first-order chi connectivity index (χ1) is 11.4. The predicted octanol–water partition coefficient (Wildman–Crippen LogP) is 2.55. The molecule has 0 bridgehead atoms. The van der Waals surface area contributed by atoms with Gasteiger partial charge < -0.3 is 24.1 Å². The van der Waals surface area contributed by atoms with Gasteiger partial charge in [0.1, 0.15) is 23.9 Å². The highest BCUT2D eigenvalue weighted by molar-refractivity contribution is 5.20. The largest absolute Gasteiger partial charge is 0.386 e. The van der Waals surface area contributed by atoms with Crippen molar-refractivity contribution in [3.05, 3.63) is 61.2 Å². The molecule has 2 aliphatic rings. The first kappa shape index (κ1) is 17.3. The monoisotopic (exact) mass is 332 g/mol. The van der Waals surface area contributed by atoms with E-state index in [2.05, 4.69) is 13.2 Å². The molecule has 0 saturated carbocycles. The van der Waals surface area contributed by atoms with Crippen LogP contribution in [0, 0.1) is 0 Å². The van der Waals surface area contributed by atoms with Gasteiger partial charge in [0.2, 0.25) is 0 Å². The second kappa shape index (κ2) is 6.43. The van der Waals surface area contributed by atoms with Crippen molar-refractivity contribution in [2.24, 2.45) is 0 Å². The molecule has 2 heterocycles. The lowest BCUT2D eigenvalue weighted by molar-refractivity contribution is -0.239. The van der Waals surface area contributed by atoms with Crippen molar-refractivity contribution in [1.29, 1.82) is 0 Å². The Labute approximate surface area is 142 Å². The van der Waals surface area contributed by atoms with Crippen LogP contribution >= 0.6 is 0 Å². The van der Waals surface area contributed by atoms with Gasteiger partial charge in [-0.05, 0) is 19.4 Å². The Morgan fingerprint density at radius 3 is 2.58 bits per heavy atom. The Kier molecular flexibility index (Phi) is 4.64. The molecule has 0 amide bonds. The lowest BCUT2D eigenvalue weighted by atomic mass is 9.88. The van der Waals surface area contributed by atoms with Crippen LogP contribution in [0.1, 0.15) is 19.4 Å². The molecule has 0 unspecified atom stereocenters. The van der Waals surface area contributed by atoms with Crippen LogP contribution in [-0.2, 0) is 25.6 Å². The number of fused-ring (bicyclic) bond motifs is 1. The Bertz CT molecular complexity index is 599. The van der Waals surface area contributed by atoms with Crippen LogP contribution in [0.25, 0.3) is 0 Å². The van der Waals surface area contributed by atoms with Gasteiger partial charge in [0.15, 0.2) is 12.1 Å². The zero-order chi connectivity index (χ0) is 17.4. The van der Waals surface area contributed by atoms with Crippen molar-refractivity contribution in [2.75, 3.05) is 0 Å². The van der Waals surface area contributed by atoms with E-state index in [1.54, 1.807) is 6.08 Å².